The fraction of sp³-hybridized carbons (Fsp3) is 0.619. The summed E-state index contributed by atoms with van der Waals surface area (Å²) in [5.41, 5.74) is 0.328. The maximum Gasteiger partial charge on any atom is 0.223 e. The number of rotatable bonds is 7. The Bertz CT molecular complexity index is 706. The summed E-state index contributed by atoms with van der Waals surface area (Å²) in [5, 5.41) is 9.72. The molecule has 1 aromatic rings. The number of aliphatic imine (C=N–C) groups is 1. The van der Waals surface area contributed by atoms with E-state index in [0.29, 0.717) is 37.1 Å². The highest BCUT2D eigenvalue weighted by Gasteiger charge is 2.31. The molecule has 2 unspecified atom stereocenters. The van der Waals surface area contributed by atoms with E-state index in [4.69, 9.17) is 0 Å². The van der Waals surface area contributed by atoms with Crippen molar-refractivity contribution in [3.63, 3.8) is 0 Å². The van der Waals surface area contributed by atoms with Crippen molar-refractivity contribution in [1.29, 1.82) is 0 Å². The van der Waals surface area contributed by atoms with Gasteiger partial charge in [-0.25, -0.2) is 8.78 Å². The highest BCUT2D eigenvalue weighted by molar-refractivity contribution is 5.81. The first-order chi connectivity index (χ1) is 13.6. The number of benzene rings is 1. The average Bonchev–Trinajstić information content (AvgIpc) is 3.49. The lowest BCUT2D eigenvalue weighted by atomic mass is 9.85. The minimum atomic E-state index is -0.829. The fourth-order valence-electron chi connectivity index (χ4n) is 3.65. The number of amides is 1. The van der Waals surface area contributed by atoms with Gasteiger partial charge in [0.2, 0.25) is 5.91 Å². The third-order valence-corrected chi connectivity index (χ3v) is 5.34. The highest BCUT2D eigenvalue weighted by atomic mass is 19.2. The number of hydrogen-bond acceptors (Lipinski definition) is 2. The van der Waals surface area contributed by atoms with Crippen molar-refractivity contribution in [1.82, 2.24) is 16.0 Å². The van der Waals surface area contributed by atoms with Crippen LogP contribution in [0.15, 0.2) is 23.2 Å². The summed E-state index contributed by atoms with van der Waals surface area (Å²) in [6.07, 6.45) is 6.26. The van der Waals surface area contributed by atoms with E-state index < -0.39 is 11.6 Å². The largest absolute Gasteiger partial charge is 0.357 e. The van der Waals surface area contributed by atoms with Crippen LogP contribution in [-0.4, -0.2) is 37.0 Å². The van der Waals surface area contributed by atoms with Crippen molar-refractivity contribution in [2.75, 3.05) is 13.1 Å². The van der Waals surface area contributed by atoms with Crippen molar-refractivity contribution in [3.05, 3.63) is 35.4 Å². The predicted molar refractivity (Wildman–Crippen MR) is 106 cm³/mol. The molecule has 0 aromatic heterocycles. The molecule has 2 saturated carbocycles. The van der Waals surface area contributed by atoms with E-state index in [1.807, 2.05) is 6.92 Å². The molecule has 0 bridgehead atoms. The Morgan fingerprint density at radius 1 is 1.14 bits per heavy atom. The van der Waals surface area contributed by atoms with E-state index in [1.54, 1.807) is 6.07 Å². The lowest BCUT2D eigenvalue weighted by Crippen LogP contribution is -2.47. The Morgan fingerprint density at radius 2 is 1.96 bits per heavy atom. The molecule has 0 heterocycles. The van der Waals surface area contributed by atoms with Gasteiger partial charge in [0.25, 0.3) is 0 Å². The Kier molecular flexibility index (Phi) is 7.23. The van der Waals surface area contributed by atoms with Gasteiger partial charge in [-0.1, -0.05) is 18.6 Å². The summed E-state index contributed by atoms with van der Waals surface area (Å²) in [6.45, 7) is 3.04. The normalized spacial score (nSPS) is 22.6. The van der Waals surface area contributed by atoms with Gasteiger partial charge in [-0.05, 0) is 57.1 Å². The molecule has 0 saturated heterocycles. The van der Waals surface area contributed by atoms with Crippen LogP contribution in [0.2, 0.25) is 0 Å². The standard InChI is InChI=1S/C21H30F2N4O/c1-2-24-21(25-12-11-14-5-4-8-18(22)19(14)23)27-17-7-3-6-15(13-17)20(28)26-16-9-10-16/h4-5,8,15-17H,2-3,6-7,9-13H2,1H3,(H,26,28)(H2,24,25,27). The number of hydrogen-bond donors (Lipinski definition) is 3. The molecule has 0 radical (unpaired) electrons. The zero-order valence-corrected chi connectivity index (χ0v) is 16.4. The van der Waals surface area contributed by atoms with Crippen LogP contribution < -0.4 is 16.0 Å². The summed E-state index contributed by atoms with van der Waals surface area (Å²) in [7, 11) is 0. The van der Waals surface area contributed by atoms with E-state index in [9.17, 15) is 13.6 Å². The average molecular weight is 392 g/mol. The minimum absolute atomic E-state index is 0.0520. The number of nitrogens with zero attached hydrogens (tertiary/aromatic N) is 1. The summed E-state index contributed by atoms with van der Waals surface area (Å²) in [5.74, 6) is -0.738. The van der Waals surface area contributed by atoms with Gasteiger partial charge in [0.15, 0.2) is 17.6 Å². The van der Waals surface area contributed by atoms with Gasteiger partial charge >= 0.3 is 0 Å². The molecule has 0 spiro atoms. The Hall–Kier alpha value is -2.18. The summed E-state index contributed by atoms with van der Waals surface area (Å²) < 4.78 is 27.1. The second kappa shape index (κ2) is 9.85. The molecule has 2 fully saturated rings. The predicted octanol–water partition coefficient (Wildman–Crippen LogP) is 2.90. The number of nitrogens with one attached hydrogen (secondary N) is 3. The van der Waals surface area contributed by atoms with Gasteiger partial charge in [0, 0.05) is 31.1 Å². The van der Waals surface area contributed by atoms with Crippen molar-refractivity contribution in [2.45, 2.75) is 64.0 Å². The molecule has 2 atom stereocenters. The maximum atomic E-state index is 13.8. The summed E-state index contributed by atoms with van der Waals surface area (Å²) in [6, 6.07) is 4.79. The molecule has 7 heteroatoms. The van der Waals surface area contributed by atoms with E-state index in [0.717, 1.165) is 44.6 Å². The smallest absolute Gasteiger partial charge is 0.223 e. The molecule has 28 heavy (non-hydrogen) atoms. The molecule has 1 aromatic carbocycles. The molecule has 2 aliphatic rings. The van der Waals surface area contributed by atoms with Crippen LogP contribution in [0.3, 0.4) is 0 Å². The van der Waals surface area contributed by atoms with Gasteiger partial charge in [-0.15, -0.1) is 0 Å². The van der Waals surface area contributed by atoms with Gasteiger partial charge < -0.3 is 16.0 Å². The van der Waals surface area contributed by atoms with Crippen molar-refractivity contribution < 1.29 is 13.6 Å². The summed E-state index contributed by atoms with van der Waals surface area (Å²) in [4.78, 5) is 16.8. The molecule has 3 N–H and O–H groups in total. The maximum absolute atomic E-state index is 13.8. The lowest BCUT2D eigenvalue weighted by molar-refractivity contribution is -0.126. The Morgan fingerprint density at radius 3 is 2.71 bits per heavy atom. The van der Waals surface area contributed by atoms with Gasteiger partial charge in [-0.3, -0.25) is 9.79 Å². The molecular weight excluding hydrogens is 362 g/mol. The highest BCUT2D eigenvalue weighted by Crippen LogP contribution is 2.26. The van der Waals surface area contributed by atoms with Crippen LogP contribution in [-0.2, 0) is 11.2 Å². The third kappa shape index (κ3) is 5.91. The van der Waals surface area contributed by atoms with Crippen molar-refractivity contribution in [3.8, 4) is 0 Å². The van der Waals surface area contributed by atoms with Gasteiger partial charge in [0.1, 0.15) is 0 Å². The van der Waals surface area contributed by atoms with Crippen LogP contribution in [0.4, 0.5) is 8.78 Å². The minimum Gasteiger partial charge on any atom is -0.357 e. The van der Waals surface area contributed by atoms with Crippen LogP contribution in [0.1, 0.15) is 51.0 Å². The number of carbonyl (C=O) groups excluding carboxylic acids is 1. The fourth-order valence-corrected chi connectivity index (χ4v) is 3.65. The first-order valence-corrected chi connectivity index (χ1v) is 10.3. The summed E-state index contributed by atoms with van der Waals surface area (Å²) >= 11 is 0. The Labute approximate surface area is 165 Å². The monoisotopic (exact) mass is 392 g/mol. The first kappa shape index (κ1) is 20.6. The first-order valence-electron chi connectivity index (χ1n) is 10.3. The zero-order chi connectivity index (χ0) is 19.9. The van der Waals surface area contributed by atoms with E-state index in [-0.39, 0.29) is 17.9 Å². The van der Waals surface area contributed by atoms with Crippen LogP contribution in [0.25, 0.3) is 0 Å². The number of halogens is 2. The number of carbonyl (C=O) groups is 1. The molecule has 2 aliphatic carbocycles. The SMILES string of the molecule is CCNC(=NCCc1cccc(F)c1F)NC1CCCC(C(=O)NC2CC2)C1. The van der Waals surface area contributed by atoms with E-state index in [2.05, 4.69) is 20.9 Å². The van der Waals surface area contributed by atoms with Gasteiger partial charge in [-0.2, -0.15) is 0 Å². The number of guanidine groups is 1. The lowest BCUT2D eigenvalue weighted by Gasteiger charge is -2.30. The molecular formula is C21H30F2N4O. The molecule has 154 valence electrons. The molecule has 3 rings (SSSR count). The molecule has 5 nitrogen and oxygen atoms in total. The third-order valence-electron chi connectivity index (χ3n) is 5.34. The second-order valence-corrected chi connectivity index (χ2v) is 7.71. The quantitative estimate of drug-likeness (QED) is 0.494. The second-order valence-electron chi connectivity index (χ2n) is 7.71. The van der Waals surface area contributed by atoms with Gasteiger partial charge in [0.05, 0.1) is 0 Å². The van der Waals surface area contributed by atoms with Crippen molar-refractivity contribution >= 4 is 11.9 Å². The van der Waals surface area contributed by atoms with E-state index in [1.165, 1.54) is 6.07 Å². The Balaban J connectivity index is 1.53. The van der Waals surface area contributed by atoms with Crippen LogP contribution in [0.5, 0.6) is 0 Å². The van der Waals surface area contributed by atoms with Crippen LogP contribution in [0, 0.1) is 17.6 Å². The van der Waals surface area contributed by atoms with Crippen molar-refractivity contribution in [2.24, 2.45) is 10.9 Å². The molecule has 1 amide bonds. The van der Waals surface area contributed by atoms with Crippen LogP contribution >= 0.6 is 0 Å². The molecule has 0 aliphatic heterocycles. The zero-order valence-electron chi connectivity index (χ0n) is 16.4. The van der Waals surface area contributed by atoms with E-state index >= 15 is 0 Å². The topological polar surface area (TPSA) is 65.5 Å².